The van der Waals surface area contributed by atoms with Crippen molar-refractivity contribution in [2.24, 2.45) is 0 Å². The second-order valence-corrected chi connectivity index (χ2v) is 8.40. The van der Waals surface area contributed by atoms with Crippen LogP contribution in [0.4, 0.5) is 0 Å². The van der Waals surface area contributed by atoms with Gasteiger partial charge in [-0.1, -0.05) is 12.1 Å². The van der Waals surface area contributed by atoms with Gasteiger partial charge in [-0.25, -0.2) is 13.1 Å². The zero-order valence-corrected chi connectivity index (χ0v) is 15.9. The Morgan fingerprint density at radius 3 is 2.22 bits per heavy atom. The van der Waals surface area contributed by atoms with Crippen molar-refractivity contribution in [3.05, 3.63) is 59.5 Å². The standard InChI is InChI=1S/C18H21N3O5S/c1-20(2)15(16-8-5-10-26-16)12-19-27(24,25)11-9-21-17(22)13-6-3-4-7-14(13)18(21)23/h3-8,10,15,19H,9,11-12H2,1-2H3. The van der Waals surface area contributed by atoms with Gasteiger partial charge in [0.15, 0.2) is 0 Å². The second-order valence-electron chi connectivity index (χ2n) is 6.47. The van der Waals surface area contributed by atoms with E-state index >= 15 is 0 Å². The molecule has 0 bridgehead atoms. The van der Waals surface area contributed by atoms with Crippen molar-refractivity contribution in [1.82, 2.24) is 14.5 Å². The smallest absolute Gasteiger partial charge is 0.261 e. The van der Waals surface area contributed by atoms with E-state index in [1.807, 2.05) is 19.0 Å². The molecule has 9 heteroatoms. The first kappa shape index (κ1) is 19.3. The number of amides is 2. The molecule has 0 aliphatic carbocycles. The Morgan fingerprint density at radius 2 is 1.70 bits per heavy atom. The predicted octanol–water partition coefficient (Wildman–Crippen LogP) is 1.10. The highest BCUT2D eigenvalue weighted by Crippen LogP contribution is 2.22. The summed E-state index contributed by atoms with van der Waals surface area (Å²) in [6.45, 7) is -0.0833. The molecule has 144 valence electrons. The van der Waals surface area contributed by atoms with Crippen LogP contribution >= 0.6 is 0 Å². The van der Waals surface area contributed by atoms with Crippen LogP contribution in [-0.2, 0) is 10.0 Å². The van der Waals surface area contributed by atoms with Crippen LogP contribution in [0.5, 0.6) is 0 Å². The number of fused-ring (bicyclic) bond motifs is 1. The van der Waals surface area contributed by atoms with Gasteiger partial charge in [-0.15, -0.1) is 0 Å². The number of furan rings is 1. The molecule has 2 heterocycles. The lowest BCUT2D eigenvalue weighted by Crippen LogP contribution is -2.40. The van der Waals surface area contributed by atoms with E-state index < -0.39 is 21.8 Å². The van der Waals surface area contributed by atoms with E-state index in [1.54, 1.807) is 36.4 Å². The molecule has 0 radical (unpaired) electrons. The quantitative estimate of drug-likeness (QED) is 0.677. The molecule has 8 nitrogen and oxygen atoms in total. The minimum absolute atomic E-state index is 0.116. The highest BCUT2D eigenvalue weighted by Gasteiger charge is 2.35. The molecule has 2 amide bonds. The zero-order valence-electron chi connectivity index (χ0n) is 15.1. The van der Waals surface area contributed by atoms with Gasteiger partial charge in [0.05, 0.1) is 29.2 Å². The lowest BCUT2D eigenvalue weighted by Gasteiger charge is -2.22. The number of hydrogen-bond donors (Lipinski definition) is 1. The monoisotopic (exact) mass is 391 g/mol. The van der Waals surface area contributed by atoms with Gasteiger partial charge in [0.1, 0.15) is 5.76 Å². The van der Waals surface area contributed by atoms with Crippen LogP contribution in [0.15, 0.2) is 47.1 Å². The molecule has 0 saturated heterocycles. The second kappa shape index (κ2) is 7.63. The van der Waals surface area contributed by atoms with Crippen molar-refractivity contribution in [2.45, 2.75) is 6.04 Å². The Hall–Kier alpha value is -2.49. The zero-order chi connectivity index (χ0) is 19.6. The Morgan fingerprint density at radius 1 is 1.07 bits per heavy atom. The van der Waals surface area contributed by atoms with Crippen molar-refractivity contribution in [2.75, 3.05) is 32.9 Å². The maximum atomic E-state index is 12.4. The Labute approximate surface area is 157 Å². The third-order valence-corrected chi connectivity index (χ3v) is 5.78. The Balaban J connectivity index is 1.61. The number of nitrogens with zero attached hydrogens (tertiary/aromatic N) is 2. The van der Waals surface area contributed by atoms with E-state index in [1.165, 1.54) is 6.26 Å². The first-order valence-corrected chi connectivity index (χ1v) is 10.1. The fraction of sp³-hybridized carbons (Fsp3) is 0.333. The van der Waals surface area contributed by atoms with Crippen LogP contribution < -0.4 is 4.72 Å². The van der Waals surface area contributed by atoms with Crippen molar-refractivity contribution >= 4 is 21.8 Å². The average Bonchev–Trinajstić information content (AvgIpc) is 3.22. The molecule has 0 fully saturated rings. The maximum Gasteiger partial charge on any atom is 0.261 e. The average molecular weight is 391 g/mol. The molecule has 3 rings (SSSR count). The van der Waals surface area contributed by atoms with Gasteiger partial charge in [-0.3, -0.25) is 19.4 Å². The van der Waals surface area contributed by atoms with E-state index in [0.717, 1.165) is 4.90 Å². The van der Waals surface area contributed by atoms with Crippen molar-refractivity contribution in [1.29, 1.82) is 0 Å². The summed E-state index contributed by atoms with van der Waals surface area (Å²) in [5.41, 5.74) is 0.608. The summed E-state index contributed by atoms with van der Waals surface area (Å²) >= 11 is 0. The summed E-state index contributed by atoms with van der Waals surface area (Å²) in [5, 5.41) is 0. The van der Waals surface area contributed by atoms with E-state index in [4.69, 9.17) is 4.42 Å². The lowest BCUT2D eigenvalue weighted by atomic mass is 10.1. The van der Waals surface area contributed by atoms with E-state index in [0.29, 0.717) is 16.9 Å². The van der Waals surface area contributed by atoms with Crippen LogP contribution in [0.1, 0.15) is 32.5 Å². The third kappa shape index (κ3) is 4.10. The van der Waals surface area contributed by atoms with Crippen LogP contribution in [0.25, 0.3) is 0 Å². The number of hydrogen-bond acceptors (Lipinski definition) is 6. The minimum atomic E-state index is -3.69. The number of nitrogens with one attached hydrogen (secondary N) is 1. The summed E-state index contributed by atoms with van der Waals surface area (Å²) in [6.07, 6.45) is 1.53. The molecular formula is C18H21N3O5S. The molecule has 2 aromatic rings. The normalized spacial score (nSPS) is 15.4. The summed E-state index contributed by atoms with van der Waals surface area (Å²) in [6, 6.07) is 9.71. The molecular weight excluding hydrogens is 370 g/mol. The van der Waals surface area contributed by atoms with Crippen LogP contribution in [-0.4, -0.2) is 63.0 Å². The third-order valence-electron chi connectivity index (χ3n) is 4.45. The molecule has 0 spiro atoms. The molecule has 1 aliphatic heterocycles. The maximum absolute atomic E-state index is 12.4. The molecule has 27 heavy (non-hydrogen) atoms. The van der Waals surface area contributed by atoms with Gasteiger partial charge in [0.25, 0.3) is 11.8 Å². The molecule has 1 aromatic carbocycles. The summed E-state index contributed by atoms with van der Waals surface area (Å²) in [4.78, 5) is 27.4. The van der Waals surface area contributed by atoms with E-state index in [9.17, 15) is 18.0 Å². The van der Waals surface area contributed by atoms with Gasteiger partial charge in [-0.2, -0.15) is 0 Å². The topological polar surface area (TPSA) is 99.9 Å². The number of carbonyl (C=O) groups excluding carboxylic acids is 2. The van der Waals surface area contributed by atoms with Crippen LogP contribution in [0.2, 0.25) is 0 Å². The fourth-order valence-electron chi connectivity index (χ4n) is 2.95. The molecule has 1 unspecified atom stereocenters. The molecule has 1 aliphatic rings. The fourth-order valence-corrected chi connectivity index (χ4v) is 3.93. The molecule has 1 aromatic heterocycles. The number of carbonyl (C=O) groups is 2. The molecule has 1 atom stereocenters. The lowest BCUT2D eigenvalue weighted by molar-refractivity contribution is 0.0664. The number of likely N-dealkylation sites (N-methyl/N-ethyl adjacent to an activating group) is 1. The molecule has 0 saturated carbocycles. The van der Waals surface area contributed by atoms with E-state index in [2.05, 4.69) is 4.72 Å². The number of sulfonamides is 1. The predicted molar refractivity (Wildman–Crippen MR) is 98.7 cm³/mol. The summed E-state index contributed by atoms with van der Waals surface area (Å²) < 4.78 is 32.6. The number of imide groups is 1. The van der Waals surface area contributed by atoms with Crippen LogP contribution in [0, 0.1) is 0 Å². The van der Waals surface area contributed by atoms with Crippen molar-refractivity contribution < 1.29 is 22.4 Å². The van der Waals surface area contributed by atoms with Crippen molar-refractivity contribution in [3.8, 4) is 0 Å². The highest BCUT2D eigenvalue weighted by molar-refractivity contribution is 7.89. The summed E-state index contributed by atoms with van der Waals surface area (Å²) in [5.74, 6) is -0.653. The number of rotatable bonds is 8. The van der Waals surface area contributed by atoms with Gasteiger partial charge < -0.3 is 4.42 Å². The Bertz CT molecular complexity index is 903. The first-order chi connectivity index (χ1) is 12.8. The van der Waals surface area contributed by atoms with Crippen LogP contribution in [0.3, 0.4) is 0 Å². The van der Waals surface area contributed by atoms with Crippen molar-refractivity contribution in [3.63, 3.8) is 0 Å². The Kier molecular flexibility index (Phi) is 5.45. The van der Waals surface area contributed by atoms with Gasteiger partial charge in [-0.05, 0) is 38.4 Å². The first-order valence-electron chi connectivity index (χ1n) is 8.42. The van der Waals surface area contributed by atoms with Gasteiger partial charge in [0.2, 0.25) is 10.0 Å². The SMILES string of the molecule is CN(C)C(CNS(=O)(=O)CCN1C(=O)c2ccccc2C1=O)c1ccco1. The highest BCUT2D eigenvalue weighted by atomic mass is 32.2. The molecule has 1 N–H and O–H groups in total. The number of benzene rings is 1. The van der Waals surface area contributed by atoms with Gasteiger partial charge in [0, 0.05) is 13.1 Å². The summed E-state index contributed by atoms with van der Waals surface area (Å²) in [7, 11) is -0.0479. The largest absolute Gasteiger partial charge is 0.468 e. The van der Waals surface area contributed by atoms with E-state index in [-0.39, 0.29) is 24.9 Å². The van der Waals surface area contributed by atoms with Gasteiger partial charge >= 0.3 is 0 Å². The minimum Gasteiger partial charge on any atom is -0.468 e.